The maximum Gasteiger partial charge on any atom is 0.433 e. The summed E-state index contributed by atoms with van der Waals surface area (Å²) in [6.45, 7) is 4.29. The van der Waals surface area contributed by atoms with Crippen LogP contribution in [0.3, 0.4) is 0 Å². The summed E-state index contributed by atoms with van der Waals surface area (Å²) in [6.07, 6.45) is 1.55. The third-order valence-electron chi connectivity index (χ3n) is 11.3. The van der Waals surface area contributed by atoms with Crippen LogP contribution in [0.2, 0.25) is 0 Å². The number of piperidine rings is 1. The highest BCUT2D eigenvalue weighted by atomic mass is 19.4. The lowest BCUT2D eigenvalue weighted by Crippen LogP contribution is -2.48. The maximum absolute atomic E-state index is 13.4. The summed E-state index contributed by atoms with van der Waals surface area (Å²) in [5.41, 5.74) is 1.41. The number of nitriles is 1. The average Bonchev–Trinajstić information content (AvgIpc) is 3.72. The van der Waals surface area contributed by atoms with E-state index in [4.69, 9.17) is 5.10 Å². The fourth-order valence-corrected chi connectivity index (χ4v) is 8.41. The molecule has 17 heteroatoms. The molecule has 1 atom stereocenters. The van der Waals surface area contributed by atoms with Crippen molar-refractivity contribution in [2.75, 3.05) is 42.9 Å². The second kappa shape index (κ2) is 14.6. The van der Waals surface area contributed by atoms with Crippen LogP contribution in [0.4, 0.5) is 24.5 Å². The van der Waals surface area contributed by atoms with Crippen molar-refractivity contribution in [3.63, 3.8) is 0 Å². The Balaban J connectivity index is 0.879. The molecular weight excluding hydrogens is 729 g/mol. The van der Waals surface area contributed by atoms with E-state index in [0.29, 0.717) is 22.3 Å². The molecule has 2 N–H and O–H groups in total. The number of imide groups is 1. The van der Waals surface area contributed by atoms with Crippen LogP contribution in [0, 0.1) is 17.2 Å². The Morgan fingerprint density at radius 1 is 1.00 bits per heavy atom. The van der Waals surface area contributed by atoms with Gasteiger partial charge in [0.25, 0.3) is 5.91 Å². The Hall–Kier alpha value is -6.02. The van der Waals surface area contributed by atoms with Gasteiger partial charge in [0, 0.05) is 57.8 Å². The number of nitrogens with one attached hydrogen (secondary N) is 2. The second-order valence-electron chi connectivity index (χ2n) is 14.8. The molecule has 3 aliphatic rings. The molecule has 1 unspecified atom stereocenters. The number of alkyl halides is 3. The molecule has 56 heavy (non-hydrogen) atoms. The van der Waals surface area contributed by atoms with E-state index in [9.17, 15) is 37.6 Å². The van der Waals surface area contributed by atoms with Crippen molar-refractivity contribution in [3.8, 4) is 6.07 Å². The van der Waals surface area contributed by atoms with Crippen molar-refractivity contribution in [1.82, 2.24) is 34.1 Å². The van der Waals surface area contributed by atoms with Crippen LogP contribution in [0.15, 0.2) is 59.5 Å². The number of halogens is 3. The lowest BCUT2D eigenvalue weighted by molar-refractivity contribution is -0.141. The Morgan fingerprint density at radius 3 is 2.46 bits per heavy atom. The number of hydrogen-bond donors (Lipinski definition) is 2. The van der Waals surface area contributed by atoms with Gasteiger partial charge in [0.15, 0.2) is 0 Å². The van der Waals surface area contributed by atoms with Gasteiger partial charge in [0.05, 0.1) is 39.5 Å². The molecule has 290 valence electrons. The zero-order chi connectivity index (χ0) is 39.3. The van der Waals surface area contributed by atoms with E-state index < -0.39 is 35.4 Å². The molecule has 2 aromatic carbocycles. The molecule has 1 aliphatic carbocycles. The van der Waals surface area contributed by atoms with Crippen molar-refractivity contribution < 1.29 is 27.6 Å². The molecule has 14 nitrogen and oxygen atoms in total. The van der Waals surface area contributed by atoms with Gasteiger partial charge in [-0.2, -0.15) is 23.5 Å². The van der Waals surface area contributed by atoms with Gasteiger partial charge in [0.1, 0.15) is 23.5 Å². The highest BCUT2D eigenvalue weighted by Gasteiger charge is 2.34. The highest BCUT2D eigenvalue weighted by Crippen LogP contribution is 2.35. The predicted molar refractivity (Wildman–Crippen MR) is 200 cm³/mol. The maximum atomic E-state index is 13.4. The standard InChI is InChI=1S/C39H39F3N10O4/c1-48-35-30(5-3-6-31(35)52(38(48)56)32-12-13-34(53)46-37(32)55)50-16-14-49(15-17-50)21-23-8-10-26(11-9-23)51-22-25-19-28(24(20-43)18-29(25)47-51)45-36(54)27-4-2-7-33(44-27)39(40,41)42/h2-7,18-19,22-23,26,32H,8-17,21H2,1H3,(H,45,54)(H,46,53,55). The van der Waals surface area contributed by atoms with Crippen LogP contribution in [0.25, 0.3) is 21.9 Å². The first kappa shape index (κ1) is 36.9. The molecule has 5 heterocycles. The van der Waals surface area contributed by atoms with Crippen LogP contribution in [-0.2, 0) is 22.8 Å². The number of fused-ring (bicyclic) bond motifs is 2. The molecule has 0 bridgehead atoms. The minimum atomic E-state index is -4.70. The molecule has 0 spiro atoms. The number of carbonyl (C=O) groups excluding carboxylic acids is 3. The van der Waals surface area contributed by atoms with Gasteiger partial charge in [0.2, 0.25) is 11.8 Å². The number of hydrogen-bond acceptors (Lipinski definition) is 9. The number of para-hydroxylation sites is 1. The third-order valence-corrected chi connectivity index (χ3v) is 11.3. The molecule has 0 radical (unpaired) electrons. The van der Waals surface area contributed by atoms with Crippen molar-refractivity contribution >= 4 is 51.0 Å². The lowest BCUT2D eigenvalue weighted by atomic mass is 9.85. The van der Waals surface area contributed by atoms with Gasteiger partial charge in [-0.1, -0.05) is 12.1 Å². The van der Waals surface area contributed by atoms with E-state index in [1.807, 2.05) is 35.1 Å². The van der Waals surface area contributed by atoms with E-state index in [1.165, 1.54) is 10.6 Å². The summed E-state index contributed by atoms with van der Waals surface area (Å²) in [4.78, 5) is 58.9. The highest BCUT2D eigenvalue weighted by molar-refractivity contribution is 6.05. The summed E-state index contributed by atoms with van der Waals surface area (Å²) >= 11 is 0. The molecular formula is C39H39F3N10O4. The Bertz CT molecular complexity index is 2460. The monoisotopic (exact) mass is 768 g/mol. The number of aryl methyl sites for hydroxylation is 1. The topological polar surface area (TPSA) is 163 Å². The smallest absolute Gasteiger partial charge is 0.367 e. The van der Waals surface area contributed by atoms with Gasteiger partial charge < -0.3 is 10.2 Å². The van der Waals surface area contributed by atoms with Gasteiger partial charge in [-0.15, -0.1) is 0 Å². The van der Waals surface area contributed by atoms with E-state index in [0.717, 1.165) is 81.7 Å². The Morgan fingerprint density at radius 2 is 1.75 bits per heavy atom. The first-order valence-electron chi connectivity index (χ1n) is 18.7. The molecule has 3 fully saturated rings. The number of pyridine rings is 1. The number of amides is 3. The van der Waals surface area contributed by atoms with E-state index >= 15 is 0 Å². The number of anilines is 2. The first-order valence-corrected chi connectivity index (χ1v) is 18.7. The molecule has 5 aromatic rings. The Labute approximate surface area is 318 Å². The normalized spacial score (nSPS) is 21.0. The molecule has 8 rings (SSSR count). The van der Waals surface area contributed by atoms with Crippen LogP contribution in [-0.4, -0.2) is 79.2 Å². The molecule has 2 aliphatic heterocycles. The van der Waals surface area contributed by atoms with Gasteiger partial charge in [-0.3, -0.25) is 38.4 Å². The molecule has 3 amide bonds. The third kappa shape index (κ3) is 7.00. The van der Waals surface area contributed by atoms with Crippen LogP contribution in [0.5, 0.6) is 0 Å². The predicted octanol–water partition coefficient (Wildman–Crippen LogP) is 4.76. The minimum absolute atomic E-state index is 0.137. The van der Waals surface area contributed by atoms with E-state index in [-0.39, 0.29) is 41.7 Å². The fourth-order valence-electron chi connectivity index (χ4n) is 8.41. The average molecular weight is 769 g/mol. The largest absolute Gasteiger partial charge is 0.433 e. The van der Waals surface area contributed by atoms with Crippen LogP contribution in [0.1, 0.15) is 72.4 Å². The number of imidazole rings is 1. The van der Waals surface area contributed by atoms with Crippen LogP contribution < -0.4 is 21.2 Å². The summed E-state index contributed by atoms with van der Waals surface area (Å²) < 4.78 is 44.5. The van der Waals surface area contributed by atoms with Crippen LogP contribution >= 0.6 is 0 Å². The molecule has 2 saturated heterocycles. The van der Waals surface area contributed by atoms with Crippen molar-refractivity contribution in [3.05, 3.63) is 82.2 Å². The van der Waals surface area contributed by atoms with Gasteiger partial charge in [-0.05, 0) is 74.4 Å². The van der Waals surface area contributed by atoms with Gasteiger partial charge in [-0.25, -0.2) is 9.78 Å². The van der Waals surface area contributed by atoms with Gasteiger partial charge >= 0.3 is 11.9 Å². The van der Waals surface area contributed by atoms with E-state index in [1.54, 1.807) is 23.7 Å². The van der Waals surface area contributed by atoms with Crippen molar-refractivity contribution in [2.45, 2.75) is 56.8 Å². The zero-order valence-corrected chi connectivity index (χ0v) is 30.6. The number of carbonyl (C=O) groups is 3. The van der Waals surface area contributed by atoms with Crippen molar-refractivity contribution in [2.24, 2.45) is 13.0 Å². The minimum Gasteiger partial charge on any atom is -0.367 e. The first-order chi connectivity index (χ1) is 26.9. The van der Waals surface area contributed by atoms with E-state index in [2.05, 4.69) is 25.4 Å². The summed E-state index contributed by atoms with van der Waals surface area (Å²) in [7, 11) is 1.72. The quantitative estimate of drug-likeness (QED) is 0.223. The SMILES string of the molecule is Cn1c(=O)n(C2CCC(=O)NC2=O)c2cccc(N3CCN(CC4CCC(n5cc6cc(NC(=O)c7cccc(C(F)(F)F)n7)c(C#N)cc6n5)CC4)CC3)c21. The molecule has 3 aromatic heterocycles. The molecule has 1 saturated carbocycles. The summed E-state index contributed by atoms with van der Waals surface area (Å²) in [5, 5.41) is 20.1. The number of piperazine rings is 1. The number of aromatic nitrogens is 5. The zero-order valence-electron chi connectivity index (χ0n) is 30.6. The lowest BCUT2D eigenvalue weighted by Gasteiger charge is -2.39. The number of rotatable bonds is 7. The number of benzene rings is 2. The summed E-state index contributed by atoms with van der Waals surface area (Å²) in [6, 6.07) is 13.5. The Kier molecular flexibility index (Phi) is 9.61. The fraction of sp³-hybridized carbons (Fsp3) is 0.410. The number of nitrogens with zero attached hydrogens (tertiary/aromatic N) is 8. The second-order valence-corrected chi connectivity index (χ2v) is 14.8. The summed E-state index contributed by atoms with van der Waals surface area (Å²) in [5.74, 6) is -1.11. The van der Waals surface area contributed by atoms with Crippen molar-refractivity contribution in [1.29, 1.82) is 5.26 Å².